The van der Waals surface area contributed by atoms with Crippen molar-refractivity contribution in [3.05, 3.63) is 46.2 Å². The molecular weight excluding hydrogens is 265 g/mol. The van der Waals surface area contributed by atoms with Crippen LogP contribution in [-0.2, 0) is 5.54 Å². The quantitative estimate of drug-likeness (QED) is 0.848. The predicted molar refractivity (Wildman–Crippen MR) is 73.4 cm³/mol. The molecule has 19 heavy (non-hydrogen) atoms. The number of rotatable bonds is 3. The number of thiazole rings is 1. The fraction of sp³-hybridized carbons (Fsp3) is 0.231. The molecule has 1 aromatic carbocycles. The highest BCUT2D eigenvalue weighted by atomic mass is 32.1. The summed E-state index contributed by atoms with van der Waals surface area (Å²) in [6.45, 7) is 3.67. The van der Waals surface area contributed by atoms with E-state index in [4.69, 9.17) is 5.73 Å². The molecule has 2 aromatic rings. The summed E-state index contributed by atoms with van der Waals surface area (Å²) in [5.41, 5.74) is 5.43. The molecule has 2 rings (SSSR count). The van der Waals surface area contributed by atoms with Crippen LogP contribution in [0.4, 0.5) is 10.1 Å². The molecule has 1 heterocycles. The molecule has 0 fully saturated rings. The fourth-order valence-corrected chi connectivity index (χ4v) is 2.38. The number of carbonyl (C=O) groups excluding carboxylic acids is 1. The summed E-state index contributed by atoms with van der Waals surface area (Å²) < 4.78 is 13.2. The van der Waals surface area contributed by atoms with Gasteiger partial charge < -0.3 is 11.1 Å². The first-order chi connectivity index (χ1) is 8.90. The Morgan fingerprint density at radius 1 is 1.47 bits per heavy atom. The number of aromatic nitrogens is 1. The molecule has 4 nitrogen and oxygen atoms in total. The third kappa shape index (κ3) is 2.90. The van der Waals surface area contributed by atoms with Crippen molar-refractivity contribution in [3.63, 3.8) is 0 Å². The predicted octanol–water partition coefficient (Wildman–Crippen LogP) is 2.53. The van der Waals surface area contributed by atoms with Crippen LogP contribution >= 0.6 is 11.3 Å². The molecule has 0 bridgehead atoms. The SMILES string of the molecule is CC(C)(NC(=O)c1cc(F)ccc1N)c1nccs1. The van der Waals surface area contributed by atoms with Crippen LogP contribution in [0.15, 0.2) is 29.8 Å². The Morgan fingerprint density at radius 3 is 2.84 bits per heavy atom. The van der Waals surface area contributed by atoms with Crippen molar-refractivity contribution in [2.24, 2.45) is 0 Å². The van der Waals surface area contributed by atoms with Crippen LogP contribution in [0, 0.1) is 5.82 Å². The van der Waals surface area contributed by atoms with E-state index in [9.17, 15) is 9.18 Å². The Balaban J connectivity index is 2.24. The van der Waals surface area contributed by atoms with Crippen LogP contribution in [0.5, 0.6) is 0 Å². The van der Waals surface area contributed by atoms with Crippen LogP contribution in [0.1, 0.15) is 29.2 Å². The van der Waals surface area contributed by atoms with E-state index >= 15 is 0 Å². The first-order valence-electron chi connectivity index (χ1n) is 5.67. The minimum absolute atomic E-state index is 0.129. The lowest BCUT2D eigenvalue weighted by molar-refractivity contribution is 0.0912. The van der Waals surface area contributed by atoms with Gasteiger partial charge in [-0.3, -0.25) is 4.79 Å². The van der Waals surface area contributed by atoms with E-state index in [-0.39, 0.29) is 11.3 Å². The average Bonchev–Trinajstić information content (AvgIpc) is 2.86. The van der Waals surface area contributed by atoms with Gasteiger partial charge in [-0.25, -0.2) is 9.37 Å². The molecule has 0 aliphatic carbocycles. The molecule has 0 saturated heterocycles. The lowest BCUT2D eigenvalue weighted by Crippen LogP contribution is -2.41. The summed E-state index contributed by atoms with van der Waals surface area (Å²) in [5, 5.41) is 5.41. The van der Waals surface area contributed by atoms with E-state index < -0.39 is 17.3 Å². The largest absolute Gasteiger partial charge is 0.398 e. The topological polar surface area (TPSA) is 68.0 Å². The van der Waals surface area contributed by atoms with Crippen molar-refractivity contribution >= 4 is 22.9 Å². The number of hydrogen-bond acceptors (Lipinski definition) is 4. The van der Waals surface area contributed by atoms with Gasteiger partial charge >= 0.3 is 0 Å². The van der Waals surface area contributed by atoms with Gasteiger partial charge in [0.2, 0.25) is 0 Å². The van der Waals surface area contributed by atoms with E-state index in [1.54, 1.807) is 6.20 Å². The first kappa shape index (κ1) is 13.5. The van der Waals surface area contributed by atoms with Crippen LogP contribution < -0.4 is 11.1 Å². The van der Waals surface area contributed by atoms with Gasteiger partial charge in [-0.05, 0) is 32.0 Å². The number of hydrogen-bond donors (Lipinski definition) is 2. The van der Waals surface area contributed by atoms with Crippen LogP contribution in [0.2, 0.25) is 0 Å². The Hall–Kier alpha value is -1.95. The molecule has 1 aromatic heterocycles. The van der Waals surface area contributed by atoms with Crippen molar-refractivity contribution < 1.29 is 9.18 Å². The Kier molecular flexibility index (Phi) is 3.53. The van der Waals surface area contributed by atoms with Crippen LogP contribution in [0.25, 0.3) is 0 Å². The smallest absolute Gasteiger partial charge is 0.254 e. The molecule has 0 atom stereocenters. The van der Waals surface area contributed by atoms with Gasteiger partial charge in [-0.15, -0.1) is 11.3 Å². The second-order valence-corrected chi connectivity index (χ2v) is 5.54. The number of nitrogens with two attached hydrogens (primary N) is 1. The summed E-state index contributed by atoms with van der Waals surface area (Å²) in [4.78, 5) is 16.3. The maximum Gasteiger partial charge on any atom is 0.254 e. The number of carbonyl (C=O) groups is 1. The lowest BCUT2D eigenvalue weighted by Gasteiger charge is -2.24. The van der Waals surface area contributed by atoms with E-state index in [1.165, 1.54) is 23.5 Å². The zero-order valence-electron chi connectivity index (χ0n) is 10.6. The summed E-state index contributed by atoms with van der Waals surface area (Å²) in [6, 6.07) is 3.72. The number of nitrogens with one attached hydrogen (secondary N) is 1. The number of amides is 1. The molecule has 0 aliphatic heterocycles. The highest BCUT2D eigenvalue weighted by molar-refractivity contribution is 7.09. The molecule has 100 valence electrons. The molecule has 0 radical (unpaired) electrons. The molecule has 6 heteroatoms. The maximum absolute atomic E-state index is 13.2. The maximum atomic E-state index is 13.2. The zero-order chi connectivity index (χ0) is 14.0. The van der Waals surface area contributed by atoms with Crippen molar-refractivity contribution in [2.75, 3.05) is 5.73 Å². The molecule has 1 amide bonds. The normalized spacial score (nSPS) is 11.3. The minimum Gasteiger partial charge on any atom is -0.398 e. The van der Waals surface area contributed by atoms with Crippen LogP contribution in [-0.4, -0.2) is 10.9 Å². The van der Waals surface area contributed by atoms with Gasteiger partial charge in [0.05, 0.1) is 11.1 Å². The van der Waals surface area contributed by atoms with Gasteiger partial charge in [0.25, 0.3) is 5.91 Å². The lowest BCUT2D eigenvalue weighted by atomic mass is 10.1. The average molecular weight is 279 g/mol. The van der Waals surface area contributed by atoms with Crippen molar-refractivity contribution in [3.8, 4) is 0 Å². The fourth-order valence-electron chi connectivity index (χ4n) is 1.66. The third-order valence-corrected chi connectivity index (χ3v) is 3.75. The van der Waals surface area contributed by atoms with E-state index in [0.717, 1.165) is 11.1 Å². The van der Waals surface area contributed by atoms with Crippen molar-refractivity contribution in [1.82, 2.24) is 10.3 Å². The Morgan fingerprint density at radius 2 is 2.21 bits per heavy atom. The molecule has 0 saturated carbocycles. The molecule has 0 spiro atoms. The van der Waals surface area contributed by atoms with E-state index in [2.05, 4.69) is 10.3 Å². The summed E-state index contributed by atoms with van der Waals surface area (Å²) >= 11 is 1.44. The number of halogens is 1. The van der Waals surface area contributed by atoms with Gasteiger partial charge in [0.15, 0.2) is 0 Å². The van der Waals surface area contributed by atoms with Crippen LogP contribution in [0.3, 0.4) is 0 Å². The van der Waals surface area contributed by atoms with Gasteiger partial charge in [-0.2, -0.15) is 0 Å². The Bertz CT molecular complexity index is 596. The summed E-state index contributed by atoms with van der Waals surface area (Å²) in [7, 11) is 0. The number of benzene rings is 1. The van der Waals surface area contributed by atoms with Crippen molar-refractivity contribution in [2.45, 2.75) is 19.4 Å². The minimum atomic E-state index is -0.635. The summed E-state index contributed by atoms with van der Waals surface area (Å²) in [5.74, 6) is -0.913. The molecule has 0 aliphatic rings. The van der Waals surface area contributed by atoms with Gasteiger partial charge in [0.1, 0.15) is 10.8 Å². The third-order valence-electron chi connectivity index (χ3n) is 2.65. The second kappa shape index (κ2) is 4.97. The zero-order valence-corrected chi connectivity index (χ0v) is 11.4. The number of nitrogen functional groups attached to an aromatic ring is 1. The summed E-state index contributed by atoms with van der Waals surface area (Å²) in [6.07, 6.45) is 1.67. The number of anilines is 1. The monoisotopic (exact) mass is 279 g/mol. The Labute approximate surface area is 114 Å². The number of nitrogens with zero attached hydrogens (tertiary/aromatic N) is 1. The first-order valence-corrected chi connectivity index (χ1v) is 6.55. The van der Waals surface area contributed by atoms with Gasteiger partial charge in [-0.1, -0.05) is 0 Å². The molecule has 0 unspecified atom stereocenters. The van der Waals surface area contributed by atoms with Crippen molar-refractivity contribution in [1.29, 1.82) is 0 Å². The molecule has 3 N–H and O–H groups in total. The van der Waals surface area contributed by atoms with E-state index in [1.807, 2.05) is 19.2 Å². The standard InChI is InChI=1S/C13H14FN3OS/c1-13(2,12-16-5-6-19-12)17-11(18)9-7-8(14)3-4-10(9)15/h3-7H,15H2,1-2H3,(H,17,18). The van der Waals surface area contributed by atoms with E-state index in [0.29, 0.717) is 0 Å². The molecular formula is C13H14FN3OS. The highest BCUT2D eigenvalue weighted by Crippen LogP contribution is 2.23. The second-order valence-electron chi connectivity index (χ2n) is 4.65. The highest BCUT2D eigenvalue weighted by Gasteiger charge is 2.26. The van der Waals surface area contributed by atoms with Gasteiger partial charge in [0, 0.05) is 17.3 Å².